The Hall–Kier alpha value is 0.01000. The van der Waals surface area contributed by atoms with Crippen molar-refractivity contribution >= 4 is 34.8 Å². The van der Waals surface area contributed by atoms with E-state index in [1.165, 1.54) is 0 Å². The molecule has 1 aliphatic heterocycles. The second-order valence-electron chi connectivity index (χ2n) is 4.51. The fraction of sp³-hybridized carbons (Fsp3) is 0.538. The van der Waals surface area contributed by atoms with E-state index in [0.717, 1.165) is 54.9 Å². The van der Waals surface area contributed by atoms with Gasteiger partial charge in [-0.1, -0.05) is 29.3 Å². The molecule has 1 aliphatic rings. The van der Waals surface area contributed by atoms with Crippen LogP contribution < -0.4 is 0 Å². The molecule has 0 spiro atoms. The number of alkyl halides is 1. The minimum absolute atomic E-state index is 0.705. The lowest BCUT2D eigenvalue weighted by Crippen LogP contribution is -2.46. The van der Waals surface area contributed by atoms with Gasteiger partial charge in [-0.15, -0.1) is 11.6 Å². The minimum atomic E-state index is 0.705. The number of rotatable bonds is 4. The van der Waals surface area contributed by atoms with Crippen molar-refractivity contribution in [3.8, 4) is 0 Å². The average Bonchev–Trinajstić information content (AvgIpc) is 2.36. The number of nitrogens with zero attached hydrogens (tertiary/aromatic N) is 2. The largest absolute Gasteiger partial charge is 0.300 e. The number of halogens is 3. The van der Waals surface area contributed by atoms with E-state index in [9.17, 15) is 0 Å². The molecular formula is C13H17Cl3N2. The van der Waals surface area contributed by atoms with Crippen LogP contribution >= 0.6 is 34.8 Å². The predicted octanol–water partition coefficient (Wildman–Crippen LogP) is 3.35. The van der Waals surface area contributed by atoms with Crippen molar-refractivity contribution in [2.75, 3.05) is 38.6 Å². The summed E-state index contributed by atoms with van der Waals surface area (Å²) in [6, 6.07) is 5.67. The summed E-state index contributed by atoms with van der Waals surface area (Å²) in [5.74, 6) is 0.705. The van der Waals surface area contributed by atoms with Crippen LogP contribution in [0.2, 0.25) is 10.0 Å². The van der Waals surface area contributed by atoms with Crippen LogP contribution in [0.3, 0.4) is 0 Å². The lowest BCUT2D eigenvalue weighted by atomic mass is 10.2. The zero-order valence-electron chi connectivity index (χ0n) is 10.2. The SMILES string of the molecule is ClCCN1CCN(Cc2c(Cl)cccc2Cl)CC1. The van der Waals surface area contributed by atoms with Crippen molar-refractivity contribution in [1.29, 1.82) is 0 Å². The van der Waals surface area contributed by atoms with E-state index >= 15 is 0 Å². The predicted molar refractivity (Wildman–Crippen MR) is 78.9 cm³/mol. The van der Waals surface area contributed by atoms with E-state index in [1.54, 1.807) is 0 Å². The van der Waals surface area contributed by atoms with Crippen LogP contribution in [0.4, 0.5) is 0 Å². The molecule has 1 aromatic rings. The van der Waals surface area contributed by atoms with Gasteiger partial charge in [-0.3, -0.25) is 9.80 Å². The smallest absolute Gasteiger partial charge is 0.0465 e. The molecule has 18 heavy (non-hydrogen) atoms. The maximum atomic E-state index is 6.19. The summed E-state index contributed by atoms with van der Waals surface area (Å²) >= 11 is 18.1. The van der Waals surface area contributed by atoms with Crippen molar-refractivity contribution in [2.24, 2.45) is 0 Å². The van der Waals surface area contributed by atoms with Gasteiger partial charge in [-0.25, -0.2) is 0 Å². The van der Waals surface area contributed by atoms with Gasteiger partial charge in [0, 0.05) is 60.8 Å². The van der Waals surface area contributed by atoms with Crippen LogP contribution in [0.5, 0.6) is 0 Å². The van der Waals surface area contributed by atoms with E-state index in [1.807, 2.05) is 18.2 Å². The molecule has 0 unspecified atom stereocenters. The van der Waals surface area contributed by atoms with Gasteiger partial charge in [0.1, 0.15) is 0 Å². The summed E-state index contributed by atoms with van der Waals surface area (Å²) < 4.78 is 0. The highest BCUT2D eigenvalue weighted by molar-refractivity contribution is 6.35. The summed E-state index contributed by atoms with van der Waals surface area (Å²) in [4.78, 5) is 4.77. The van der Waals surface area contributed by atoms with Crippen LogP contribution in [0, 0.1) is 0 Å². The molecule has 1 saturated heterocycles. The molecule has 1 heterocycles. The Kier molecular flexibility index (Phi) is 5.58. The van der Waals surface area contributed by atoms with Gasteiger partial charge < -0.3 is 0 Å². The lowest BCUT2D eigenvalue weighted by Gasteiger charge is -2.34. The van der Waals surface area contributed by atoms with Crippen LogP contribution in [-0.4, -0.2) is 48.4 Å². The summed E-state index contributed by atoms with van der Waals surface area (Å²) in [6.07, 6.45) is 0. The zero-order chi connectivity index (χ0) is 13.0. The molecule has 2 rings (SSSR count). The zero-order valence-corrected chi connectivity index (χ0v) is 12.5. The van der Waals surface area contributed by atoms with Crippen LogP contribution in [-0.2, 0) is 6.54 Å². The molecular weight excluding hydrogens is 291 g/mol. The third kappa shape index (κ3) is 3.75. The minimum Gasteiger partial charge on any atom is -0.300 e. The molecule has 0 aliphatic carbocycles. The van der Waals surface area contributed by atoms with Crippen molar-refractivity contribution in [3.05, 3.63) is 33.8 Å². The molecule has 0 amide bonds. The van der Waals surface area contributed by atoms with Gasteiger partial charge in [0.05, 0.1) is 0 Å². The third-order valence-electron chi connectivity index (χ3n) is 3.31. The average molecular weight is 308 g/mol. The summed E-state index contributed by atoms with van der Waals surface area (Å²) in [5.41, 5.74) is 1.03. The van der Waals surface area contributed by atoms with E-state index in [2.05, 4.69) is 9.80 Å². The van der Waals surface area contributed by atoms with E-state index < -0.39 is 0 Å². The highest BCUT2D eigenvalue weighted by Gasteiger charge is 2.18. The molecule has 0 bridgehead atoms. The fourth-order valence-electron chi connectivity index (χ4n) is 2.20. The highest BCUT2D eigenvalue weighted by Crippen LogP contribution is 2.25. The normalized spacial score (nSPS) is 18.2. The second kappa shape index (κ2) is 6.97. The van der Waals surface area contributed by atoms with E-state index in [-0.39, 0.29) is 0 Å². The summed E-state index contributed by atoms with van der Waals surface area (Å²) in [5, 5.41) is 1.51. The molecule has 0 saturated carbocycles. The standard InChI is InChI=1S/C13H17Cl3N2/c14-4-5-17-6-8-18(9-7-17)10-11-12(15)2-1-3-13(11)16/h1-3H,4-10H2. The van der Waals surface area contributed by atoms with Crippen molar-refractivity contribution in [1.82, 2.24) is 9.80 Å². The Morgan fingerprint density at radius 3 is 2.06 bits per heavy atom. The van der Waals surface area contributed by atoms with Gasteiger partial charge in [0.2, 0.25) is 0 Å². The molecule has 1 fully saturated rings. The van der Waals surface area contributed by atoms with Crippen molar-refractivity contribution < 1.29 is 0 Å². The lowest BCUT2D eigenvalue weighted by molar-refractivity contribution is 0.132. The molecule has 0 atom stereocenters. The number of benzene rings is 1. The first-order valence-electron chi connectivity index (χ1n) is 6.14. The number of piperazine rings is 1. The van der Waals surface area contributed by atoms with Crippen LogP contribution in [0.15, 0.2) is 18.2 Å². The molecule has 5 heteroatoms. The number of hydrogen-bond acceptors (Lipinski definition) is 2. The molecule has 1 aromatic carbocycles. The molecule has 0 radical (unpaired) electrons. The van der Waals surface area contributed by atoms with Crippen molar-refractivity contribution in [2.45, 2.75) is 6.54 Å². The van der Waals surface area contributed by atoms with E-state index in [0.29, 0.717) is 5.88 Å². The van der Waals surface area contributed by atoms with Gasteiger partial charge in [0.25, 0.3) is 0 Å². The Morgan fingerprint density at radius 1 is 0.944 bits per heavy atom. The summed E-state index contributed by atoms with van der Waals surface area (Å²) in [6.45, 7) is 6.01. The monoisotopic (exact) mass is 306 g/mol. The topological polar surface area (TPSA) is 6.48 Å². The van der Waals surface area contributed by atoms with Gasteiger partial charge >= 0.3 is 0 Å². The van der Waals surface area contributed by atoms with Gasteiger partial charge in [-0.05, 0) is 12.1 Å². The van der Waals surface area contributed by atoms with Crippen LogP contribution in [0.1, 0.15) is 5.56 Å². The quantitative estimate of drug-likeness (QED) is 0.787. The maximum Gasteiger partial charge on any atom is 0.0465 e. The second-order valence-corrected chi connectivity index (χ2v) is 5.70. The van der Waals surface area contributed by atoms with Gasteiger partial charge in [0.15, 0.2) is 0 Å². The fourth-order valence-corrected chi connectivity index (χ4v) is 2.95. The molecule has 2 nitrogen and oxygen atoms in total. The third-order valence-corrected chi connectivity index (χ3v) is 4.19. The van der Waals surface area contributed by atoms with E-state index in [4.69, 9.17) is 34.8 Å². The molecule has 100 valence electrons. The maximum absolute atomic E-state index is 6.19. The highest BCUT2D eigenvalue weighted by atomic mass is 35.5. The Bertz CT molecular complexity index is 370. The Balaban J connectivity index is 1.92. The Morgan fingerprint density at radius 2 is 1.50 bits per heavy atom. The Labute approximate surface area is 123 Å². The first kappa shape index (κ1) is 14.4. The molecule has 0 N–H and O–H groups in total. The number of hydrogen-bond donors (Lipinski definition) is 0. The van der Waals surface area contributed by atoms with Crippen molar-refractivity contribution in [3.63, 3.8) is 0 Å². The van der Waals surface area contributed by atoms with Crippen LogP contribution in [0.25, 0.3) is 0 Å². The van der Waals surface area contributed by atoms with Gasteiger partial charge in [-0.2, -0.15) is 0 Å². The molecule has 0 aromatic heterocycles. The first-order chi connectivity index (χ1) is 8.70. The first-order valence-corrected chi connectivity index (χ1v) is 7.43. The summed E-state index contributed by atoms with van der Waals surface area (Å²) in [7, 11) is 0.